The number of hydrogen-bond donors (Lipinski definition) is 1. The van der Waals surface area contributed by atoms with Gasteiger partial charge < -0.3 is 9.72 Å². The van der Waals surface area contributed by atoms with Crippen LogP contribution in [0, 0.1) is 5.92 Å². The normalized spacial score (nSPS) is 15.3. The molecule has 3 aromatic rings. The first-order valence-electron chi connectivity index (χ1n) is 10.5. The zero-order valence-electron chi connectivity index (χ0n) is 16.7. The van der Waals surface area contributed by atoms with E-state index in [-0.39, 0.29) is 5.56 Å². The minimum atomic E-state index is 0.0321. The average molecular weight is 389 g/mol. The predicted octanol–water partition coefficient (Wildman–Crippen LogP) is 5.01. The Morgan fingerprint density at radius 3 is 2.41 bits per heavy atom. The molecule has 2 aromatic carbocycles. The van der Waals surface area contributed by atoms with E-state index < -0.39 is 0 Å². The number of piperidine rings is 1. The maximum atomic E-state index is 11.9. The number of pyridine rings is 1. The Kier molecular flexibility index (Phi) is 6.42. The monoisotopic (exact) mass is 388 g/mol. The van der Waals surface area contributed by atoms with Gasteiger partial charge >= 0.3 is 0 Å². The Hall–Kier alpha value is -2.85. The topological polar surface area (TPSA) is 45.3 Å². The first-order valence-corrected chi connectivity index (χ1v) is 10.5. The van der Waals surface area contributed by atoms with Gasteiger partial charge in [-0.1, -0.05) is 42.5 Å². The number of nitrogens with one attached hydrogen (secondary N) is 1. The summed E-state index contributed by atoms with van der Waals surface area (Å²) in [5.74, 6) is 2.56. The molecule has 1 saturated heterocycles. The second-order valence-corrected chi connectivity index (χ2v) is 7.81. The summed E-state index contributed by atoms with van der Waals surface area (Å²) < 4.78 is 6.10. The third kappa shape index (κ3) is 5.36. The maximum Gasteiger partial charge on any atom is 0.252 e. The summed E-state index contributed by atoms with van der Waals surface area (Å²) in [4.78, 5) is 17.0. The van der Waals surface area contributed by atoms with Crippen LogP contribution < -0.4 is 10.3 Å². The van der Waals surface area contributed by atoms with Crippen molar-refractivity contribution in [2.24, 2.45) is 5.92 Å². The van der Waals surface area contributed by atoms with Gasteiger partial charge in [0.05, 0.1) is 0 Å². The molecular formula is C25H28N2O2. The number of aromatic amines is 1. The average Bonchev–Trinajstić information content (AvgIpc) is 2.76. The second kappa shape index (κ2) is 9.57. The zero-order chi connectivity index (χ0) is 19.9. The van der Waals surface area contributed by atoms with Gasteiger partial charge in [-0.05, 0) is 74.5 Å². The smallest absolute Gasteiger partial charge is 0.252 e. The fourth-order valence-corrected chi connectivity index (χ4v) is 4.04. The first kappa shape index (κ1) is 19.5. The molecule has 1 fully saturated rings. The van der Waals surface area contributed by atoms with E-state index in [2.05, 4.69) is 28.1 Å². The predicted molar refractivity (Wildman–Crippen MR) is 116 cm³/mol. The number of aryl methyl sites for hydroxylation is 1. The van der Waals surface area contributed by atoms with Gasteiger partial charge in [-0.15, -0.1) is 0 Å². The Morgan fingerprint density at radius 2 is 1.62 bits per heavy atom. The van der Waals surface area contributed by atoms with E-state index in [1.54, 1.807) is 6.20 Å². The summed E-state index contributed by atoms with van der Waals surface area (Å²) in [5.41, 5.74) is 2.16. The molecule has 29 heavy (non-hydrogen) atoms. The molecule has 0 bridgehead atoms. The van der Waals surface area contributed by atoms with E-state index in [1.165, 1.54) is 24.8 Å². The van der Waals surface area contributed by atoms with Gasteiger partial charge in [0.1, 0.15) is 11.5 Å². The van der Waals surface area contributed by atoms with Crippen molar-refractivity contribution in [1.82, 2.24) is 9.88 Å². The second-order valence-electron chi connectivity index (χ2n) is 7.81. The minimum absolute atomic E-state index is 0.0321. The van der Waals surface area contributed by atoms with Gasteiger partial charge in [-0.3, -0.25) is 9.69 Å². The number of H-pyrrole nitrogens is 1. The molecule has 2 heterocycles. The number of aromatic nitrogens is 1. The SMILES string of the molecule is O=c1[nH]cccc1CN1CCC(CCc2ccccc2Oc2ccccc2)CC1. The number of likely N-dealkylation sites (tertiary alicyclic amines) is 1. The van der Waals surface area contributed by atoms with Gasteiger partial charge in [0.15, 0.2) is 0 Å². The lowest BCUT2D eigenvalue weighted by atomic mass is 9.90. The van der Waals surface area contributed by atoms with E-state index in [1.807, 2.05) is 48.5 Å². The molecular weight excluding hydrogens is 360 g/mol. The third-order valence-corrected chi connectivity index (χ3v) is 5.77. The van der Waals surface area contributed by atoms with Crippen LogP contribution in [0.4, 0.5) is 0 Å². The van der Waals surface area contributed by atoms with Crippen molar-refractivity contribution in [2.75, 3.05) is 13.1 Å². The number of para-hydroxylation sites is 2. The van der Waals surface area contributed by atoms with Crippen molar-refractivity contribution in [3.63, 3.8) is 0 Å². The van der Waals surface area contributed by atoms with E-state index >= 15 is 0 Å². The van der Waals surface area contributed by atoms with Crippen LogP contribution in [-0.4, -0.2) is 23.0 Å². The molecule has 4 nitrogen and oxygen atoms in total. The van der Waals surface area contributed by atoms with Crippen molar-refractivity contribution in [3.05, 3.63) is 94.4 Å². The standard InChI is InChI=1S/C25H28N2O2/c28-25-22(8-6-16-26-25)19-27-17-14-20(15-18-27)12-13-21-7-4-5-11-24(21)29-23-9-2-1-3-10-23/h1-11,16,20H,12-15,17-19H2,(H,26,28). The highest BCUT2D eigenvalue weighted by atomic mass is 16.5. The molecule has 0 radical (unpaired) electrons. The highest BCUT2D eigenvalue weighted by molar-refractivity contribution is 5.37. The molecule has 1 aliphatic rings. The number of nitrogens with zero attached hydrogens (tertiary/aromatic N) is 1. The molecule has 0 saturated carbocycles. The Morgan fingerprint density at radius 1 is 0.897 bits per heavy atom. The molecule has 4 heteroatoms. The van der Waals surface area contributed by atoms with Crippen molar-refractivity contribution in [2.45, 2.75) is 32.2 Å². The van der Waals surface area contributed by atoms with Gasteiger partial charge in [0.25, 0.3) is 5.56 Å². The van der Waals surface area contributed by atoms with Crippen LogP contribution in [0.25, 0.3) is 0 Å². The first-order chi connectivity index (χ1) is 14.3. The molecule has 0 atom stereocenters. The van der Waals surface area contributed by atoms with Crippen LogP contribution in [-0.2, 0) is 13.0 Å². The van der Waals surface area contributed by atoms with Crippen LogP contribution in [0.15, 0.2) is 77.7 Å². The summed E-state index contributed by atoms with van der Waals surface area (Å²) in [7, 11) is 0. The van der Waals surface area contributed by atoms with Crippen LogP contribution in [0.2, 0.25) is 0 Å². The number of ether oxygens (including phenoxy) is 1. The quantitative estimate of drug-likeness (QED) is 0.619. The summed E-state index contributed by atoms with van der Waals surface area (Å²) in [5, 5.41) is 0. The van der Waals surface area contributed by atoms with Gasteiger partial charge in [-0.2, -0.15) is 0 Å². The molecule has 1 aliphatic heterocycles. The zero-order valence-corrected chi connectivity index (χ0v) is 16.7. The van der Waals surface area contributed by atoms with Crippen LogP contribution in [0.5, 0.6) is 11.5 Å². The van der Waals surface area contributed by atoms with Gasteiger partial charge in [-0.25, -0.2) is 0 Å². The van der Waals surface area contributed by atoms with E-state index in [0.717, 1.165) is 49.0 Å². The lowest BCUT2D eigenvalue weighted by molar-refractivity contribution is 0.172. The highest BCUT2D eigenvalue weighted by Gasteiger charge is 2.20. The molecule has 1 N–H and O–H groups in total. The molecule has 150 valence electrons. The summed E-state index contributed by atoms with van der Waals surface area (Å²) in [6.45, 7) is 2.86. The Labute approximate surface area is 172 Å². The van der Waals surface area contributed by atoms with Gasteiger partial charge in [0, 0.05) is 18.3 Å². The Bertz CT molecular complexity index is 960. The third-order valence-electron chi connectivity index (χ3n) is 5.77. The molecule has 0 unspecified atom stereocenters. The molecule has 0 spiro atoms. The minimum Gasteiger partial charge on any atom is -0.457 e. The lowest BCUT2D eigenvalue weighted by Gasteiger charge is -2.31. The van der Waals surface area contributed by atoms with E-state index in [0.29, 0.717) is 0 Å². The van der Waals surface area contributed by atoms with Crippen LogP contribution in [0.1, 0.15) is 30.4 Å². The van der Waals surface area contributed by atoms with E-state index in [9.17, 15) is 4.79 Å². The van der Waals surface area contributed by atoms with Crippen LogP contribution in [0.3, 0.4) is 0 Å². The van der Waals surface area contributed by atoms with Crippen molar-refractivity contribution in [1.29, 1.82) is 0 Å². The summed E-state index contributed by atoms with van der Waals surface area (Å²) in [6.07, 6.45) is 6.28. The van der Waals surface area contributed by atoms with Crippen molar-refractivity contribution in [3.8, 4) is 11.5 Å². The summed E-state index contributed by atoms with van der Waals surface area (Å²) in [6, 6.07) is 22.2. The number of rotatable bonds is 7. The molecule has 1 aromatic heterocycles. The molecule has 0 aliphatic carbocycles. The fourth-order valence-electron chi connectivity index (χ4n) is 4.04. The summed E-state index contributed by atoms with van der Waals surface area (Å²) >= 11 is 0. The maximum absolute atomic E-state index is 11.9. The van der Waals surface area contributed by atoms with Crippen molar-refractivity contribution < 1.29 is 4.74 Å². The largest absolute Gasteiger partial charge is 0.457 e. The van der Waals surface area contributed by atoms with Crippen molar-refractivity contribution >= 4 is 0 Å². The fraction of sp³-hybridized carbons (Fsp3) is 0.320. The van der Waals surface area contributed by atoms with Gasteiger partial charge in [0.2, 0.25) is 0 Å². The molecule has 4 rings (SSSR count). The van der Waals surface area contributed by atoms with Crippen LogP contribution >= 0.6 is 0 Å². The van der Waals surface area contributed by atoms with E-state index in [4.69, 9.17) is 4.74 Å². The lowest BCUT2D eigenvalue weighted by Crippen LogP contribution is -2.34. The Balaban J connectivity index is 1.29. The number of hydrogen-bond acceptors (Lipinski definition) is 3. The highest BCUT2D eigenvalue weighted by Crippen LogP contribution is 2.29. The number of benzene rings is 2. The molecule has 0 amide bonds.